The molecule has 0 saturated heterocycles. The quantitative estimate of drug-likeness (QED) is 0.737. The molecule has 0 heterocycles. The van der Waals surface area contributed by atoms with E-state index in [0.29, 0.717) is 16.4 Å². The van der Waals surface area contributed by atoms with Crippen LogP contribution in [0.5, 0.6) is 5.75 Å². The van der Waals surface area contributed by atoms with Gasteiger partial charge in [-0.1, -0.05) is 17.7 Å². The monoisotopic (exact) mass is 276 g/mol. The average Bonchev–Trinajstić information content (AvgIpc) is 2.32. The first kappa shape index (κ1) is 13.2. The number of aryl methyl sites for hydroxylation is 1. The van der Waals surface area contributed by atoms with Gasteiger partial charge in [0, 0.05) is 5.02 Å². The summed E-state index contributed by atoms with van der Waals surface area (Å²) in [5, 5.41) is 12.7. The minimum atomic E-state index is -0.440. The van der Waals surface area contributed by atoms with Crippen LogP contribution in [0.4, 0.5) is 11.4 Å². The molecule has 1 amide bonds. The van der Waals surface area contributed by atoms with E-state index in [0.717, 1.165) is 5.56 Å². The second-order valence-electron chi connectivity index (χ2n) is 4.21. The van der Waals surface area contributed by atoms with Gasteiger partial charge in [0.2, 0.25) is 0 Å². The molecular weight excluding hydrogens is 264 g/mol. The highest BCUT2D eigenvalue weighted by atomic mass is 35.5. The van der Waals surface area contributed by atoms with Gasteiger partial charge in [-0.3, -0.25) is 4.79 Å². The lowest BCUT2D eigenvalue weighted by molar-refractivity contribution is 0.102. The van der Waals surface area contributed by atoms with Crippen LogP contribution in [0.2, 0.25) is 5.02 Å². The summed E-state index contributed by atoms with van der Waals surface area (Å²) in [6, 6.07) is 9.63. The van der Waals surface area contributed by atoms with Crippen molar-refractivity contribution in [2.24, 2.45) is 0 Å². The van der Waals surface area contributed by atoms with Gasteiger partial charge in [0.05, 0.1) is 16.9 Å². The van der Waals surface area contributed by atoms with Crippen LogP contribution in [-0.4, -0.2) is 11.0 Å². The van der Waals surface area contributed by atoms with Gasteiger partial charge >= 0.3 is 0 Å². The minimum Gasteiger partial charge on any atom is -0.507 e. The van der Waals surface area contributed by atoms with E-state index >= 15 is 0 Å². The topological polar surface area (TPSA) is 75.3 Å². The van der Waals surface area contributed by atoms with E-state index in [2.05, 4.69) is 5.32 Å². The Morgan fingerprint density at radius 2 is 2.00 bits per heavy atom. The fourth-order valence-electron chi connectivity index (χ4n) is 1.68. The minimum absolute atomic E-state index is 0.143. The average molecular weight is 277 g/mol. The molecule has 2 rings (SSSR count). The maximum absolute atomic E-state index is 12.0. The van der Waals surface area contributed by atoms with Crippen molar-refractivity contribution in [3.63, 3.8) is 0 Å². The standard InChI is InChI=1S/C14H13ClN2O2/c1-8-2-5-12(11(16)6-8)17-14(19)10-4-3-9(15)7-13(10)18/h2-7,18H,16H2,1H3,(H,17,19). The summed E-state index contributed by atoms with van der Waals surface area (Å²) in [4.78, 5) is 12.0. The number of amides is 1. The van der Waals surface area contributed by atoms with Crippen molar-refractivity contribution in [1.29, 1.82) is 0 Å². The molecule has 4 N–H and O–H groups in total. The number of rotatable bonds is 2. The molecule has 2 aromatic rings. The number of phenolic OH excluding ortho intramolecular Hbond substituents is 1. The lowest BCUT2D eigenvalue weighted by Gasteiger charge is -2.10. The van der Waals surface area contributed by atoms with Crippen molar-refractivity contribution >= 4 is 28.9 Å². The van der Waals surface area contributed by atoms with E-state index < -0.39 is 5.91 Å². The number of aromatic hydroxyl groups is 1. The van der Waals surface area contributed by atoms with Crippen molar-refractivity contribution in [3.8, 4) is 5.75 Å². The Bertz CT molecular complexity index is 641. The highest BCUT2D eigenvalue weighted by Crippen LogP contribution is 2.25. The zero-order valence-electron chi connectivity index (χ0n) is 10.3. The molecule has 19 heavy (non-hydrogen) atoms. The summed E-state index contributed by atoms with van der Waals surface area (Å²) in [7, 11) is 0. The first-order valence-electron chi connectivity index (χ1n) is 5.63. The maximum Gasteiger partial charge on any atom is 0.259 e. The van der Waals surface area contributed by atoms with Crippen LogP contribution >= 0.6 is 11.6 Å². The summed E-state index contributed by atoms with van der Waals surface area (Å²) in [5.74, 6) is -0.611. The number of nitrogen functional groups attached to an aromatic ring is 1. The Labute approximate surface area is 115 Å². The lowest BCUT2D eigenvalue weighted by Crippen LogP contribution is -2.13. The van der Waals surface area contributed by atoms with Gasteiger partial charge in [-0.25, -0.2) is 0 Å². The number of carbonyl (C=O) groups is 1. The van der Waals surface area contributed by atoms with E-state index in [1.54, 1.807) is 12.1 Å². The van der Waals surface area contributed by atoms with Gasteiger partial charge < -0.3 is 16.2 Å². The highest BCUT2D eigenvalue weighted by molar-refractivity contribution is 6.31. The molecule has 98 valence electrons. The fourth-order valence-corrected chi connectivity index (χ4v) is 1.85. The van der Waals surface area contributed by atoms with E-state index in [1.807, 2.05) is 13.0 Å². The van der Waals surface area contributed by atoms with E-state index in [4.69, 9.17) is 17.3 Å². The number of halogens is 1. The molecule has 0 atom stereocenters. The summed E-state index contributed by atoms with van der Waals surface area (Å²) >= 11 is 5.71. The van der Waals surface area contributed by atoms with Crippen molar-refractivity contribution in [1.82, 2.24) is 0 Å². The highest BCUT2D eigenvalue weighted by Gasteiger charge is 2.12. The van der Waals surface area contributed by atoms with E-state index in [-0.39, 0.29) is 11.3 Å². The van der Waals surface area contributed by atoms with Gasteiger partial charge in [-0.05, 0) is 42.8 Å². The number of anilines is 2. The molecule has 0 aliphatic carbocycles. The Morgan fingerprint density at radius 3 is 2.63 bits per heavy atom. The normalized spacial score (nSPS) is 10.2. The maximum atomic E-state index is 12.0. The zero-order chi connectivity index (χ0) is 14.0. The molecule has 0 aliphatic heterocycles. The van der Waals surface area contributed by atoms with Gasteiger partial charge in [-0.15, -0.1) is 0 Å². The van der Waals surface area contributed by atoms with Gasteiger partial charge in [0.25, 0.3) is 5.91 Å². The molecule has 0 aromatic heterocycles. The summed E-state index contributed by atoms with van der Waals surface area (Å²) in [6.45, 7) is 1.91. The number of hydrogen-bond donors (Lipinski definition) is 3. The van der Waals surface area contributed by atoms with Crippen LogP contribution in [-0.2, 0) is 0 Å². The summed E-state index contributed by atoms with van der Waals surface area (Å²) < 4.78 is 0. The third kappa shape index (κ3) is 2.98. The van der Waals surface area contributed by atoms with Crippen LogP contribution in [0.3, 0.4) is 0 Å². The molecule has 0 spiro atoms. The van der Waals surface area contributed by atoms with Crippen LogP contribution in [0.15, 0.2) is 36.4 Å². The van der Waals surface area contributed by atoms with Crippen molar-refractivity contribution in [3.05, 3.63) is 52.5 Å². The van der Waals surface area contributed by atoms with Crippen LogP contribution in [0, 0.1) is 6.92 Å². The number of benzene rings is 2. The Morgan fingerprint density at radius 1 is 1.26 bits per heavy atom. The SMILES string of the molecule is Cc1ccc(NC(=O)c2ccc(Cl)cc2O)c(N)c1. The van der Waals surface area contributed by atoms with Crippen molar-refractivity contribution in [2.45, 2.75) is 6.92 Å². The summed E-state index contributed by atoms with van der Waals surface area (Å²) in [6.07, 6.45) is 0. The number of nitrogens with two attached hydrogens (primary N) is 1. The largest absolute Gasteiger partial charge is 0.507 e. The predicted octanol–water partition coefficient (Wildman–Crippen LogP) is 3.19. The second-order valence-corrected chi connectivity index (χ2v) is 4.64. The van der Waals surface area contributed by atoms with Gasteiger partial charge in [0.1, 0.15) is 5.75 Å². The molecular formula is C14H13ClN2O2. The number of carbonyl (C=O) groups excluding carboxylic acids is 1. The van der Waals surface area contributed by atoms with Gasteiger partial charge in [0.15, 0.2) is 0 Å². The van der Waals surface area contributed by atoms with Crippen LogP contribution in [0.1, 0.15) is 15.9 Å². The molecule has 0 aliphatic rings. The Hall–Kier alpha value is -2.20. The summed E-state index contributed by atoms with van der Waals surface area (Å²) in [5.41, 5.74) is 7.94. The third-order valence-corrected chi connectivity index (χ3v) is 2.89. The first-order valence-corrected chi connectivity index (χ1v) is 6.01. The smallest absolute Gasteiger partial charge is 0.259 e. The molecule has 0 fully saturated rings. The molecule has 4 nitrogen and oxygen atoms in total. The van der Waals surface area contributed by atoms with Crippen LogP contribution in [0.25, 0.3) is 0 Å². The third-order valence-electron chi connectivity index (χ3n) is 2.66. The van der Waals surface area contributed by atoms with Crippen molar-refractivity contribution < 1.29 is 9.90 Å². The number of nitrogens with one attached hydrogen (secondary N) is 1. The predicted molar refractivity (Wildman–Crippen MR) is 76.7 cm³/mol. The molecule has 2 aromatic carbocycles. The number of hydrogen-bond acceptors (Lipinski definition) is 3. The first-order chi connectivity index (χ1) is 8.97. The van der Waals surface area contributed by atoms with Gasteiger partial charge in [-0.2, -0.15) is 0 Å². The molecule has 0 radical (unpaired) electrons. The molecule has 0 saturated carbocycles. The molecule has 0 bridgehead atoms. The molecule has 5 heteroatoms. The lowest BCUT2D eigenvalue weighted by atomic mass is 10.1. The van der Waals surface area contributed by atoms with Crippen molar-refractivity contribution in [2.75, 3.05) is 11.1 Å². The second kappa shape index (κ2) is 5.20. The zero-order valence-corrected chi connectivity index (χ0v) is 11.0. The Balaban J connectivity index is 2.25. The van der Waals surface area contributed by atoms with E-state index in [9.17, 15) is 9.90 Å². The molecule has 0 unspecified atom stereocenters. The Kier molecular flexibility index (Phi) is 3.62. The van der Waals surface area contributed by atoms with E-state index in [1.165, 1.54) is 18.2 Å². The fraction of sp³-hybridized carbons (Fsp3) is 0.0714. The number of phenols is 1. The van der Waals surface area contributed by atoms with Crippen LogP contribution < -0.4 is 11.1 Å².